The largest absolute Gasteiger partial charge is 0.460 e. The summed E-state index contributed by atoms with van der Waals surface area (Å²) in [5.41, 5.74) is -0.886. The number of hydrogen-bond acceptors (Lipinski definition) is 4. The van der Waals surface area contributed by atoms with Gasteiger partial charge in [0, 0.05) is 0 Å². The number of ether oxygens (including phenoxy) is 2. The van der Waals surface area contributed by atoms with Crippen LogP contribution in [0.3, 0.4) is 0 Å². The second-order valence-electron chi connectivity index (χ2n) is 8.58. The van der Waals surface area contributed by atoms with E-state index in [1.165, 1.54) is 0 Å². The molecule has 23 heavy (non-hydrogen) atoms. The highest BCUT2D eigenvalue weighted by atomic mass is 16.6. The minimum atomic E-state index is -0.367. The third-order valence-electron chi connectivity index (χ3n) is 3.54. The Morgan fingerprint density at radius 1 is 1.04 bits per heavy atom. The quantitative estimate of drug-likeness (QED) is 0.567. The Labute approximate surface area is 140 Å². The fourth-order valence-electron chi connectivity index (χ4n) is 2.01. The van der Waals surface area contributed by atoms with Crippen molar-refractivity contribution in [2.45, 2.75) is 84.8 Å². The van der Waals surface area contributed by atoms with Gasteiger partial charge < -0.3 is 9.47 Å². The maximum absolute atomic E-state index is 11.7. The molecule has 2 rings (SSSR count). The van der Waals surface area contributed by atoms with Crippen LogP contribution < -0.4 is 0 Å². The van der Waals surface area contributed by atoms with E-state index in [-0.39, 0.29) is 34.5 Å². The van der Waals surface area contributed by atoms with Gasteiger partial charge in [0.15, 0.2) is 0 Å². The van der Waals surface area contributed by atoms with Crippen LogP contribution >= 0.6 is 0 Å². The van der Waals surface area contributed by atoms with Crippen molar-refractivity contribution in [2.24, 2.45) is 11.3 Å². The third-order valence-corrected chi connectivity index (χ3v) is 3.54. The average molecular weight is 324 g/mol. The Bertz CT molecular complexity index is 443. The summed E-state index contributed by atoms with van der Waals surface area (Å²) in [6.07, 6.45) is 6.50. The van der Waals surface area contributed by atoms with Crippen LogP contribution in [-0.4, -0.2) is 23.1 Å². The molecule has 0 spiro atoms. The van der Waals surface area contributed by atoms with Gasteiger partial charge in [-0.1, -0.05) is 6.08 Å². The van der Waals surface area contributed by atoms with Crippen LogP contribution in [0.1, 0.15) is 73.6 Å². The first-order valence-electron chi connectivity index (χ1n) is 8.46. The van der Waals surface area contributed by atoms with Gasteiger partial charge in [-0.25, -0.2) is 0 Å². The normalized spacial score (nSPS) is 19.0. The molecule has 0 saturated heterocycles. The van der Waals surface area contributed by atoms with Gasteiger partial charge in [-0.05, 0) is 73.6 Å². The van der Waals surface area contributed by atoms with E-state index in [1.807, 2.05) is 41.5 Å². The van der Waals surface area contributed by atoms with Crippen LogP contribution in [0, 0.1) is 11.3 Å². The van der Waals surface area contributed by atoms with Crippen LogP contribution in [0.15, 0.2) is 12.7 Å². The van der Waals surface area contributed by atoms with E-state index in [4.69, 9.17) is 9.47 Å². The summed E-state index contributed by atoms with van der Waals surface area (Å²) >= 11 is 0. The highest BCUT2D eigenvalue weighted by Crippen LogP contribution is 2.50. The Morgan fingerprint density at radius 2 is 1.52 bits per heavy atom. The summed E-state index contributed by atoms with van der Waals surface area (Å²) in [6.45, 7) is 15.0. The molecule has 0 aromatic rings. The van der Waals surface area contributed by atoms with Gasteiger partial charge in [0.2, 0.25) is 0 Å². The average Bonchev–Trinajstić information content (AvgIpc) is 3.21. The van der Waals surface area contributed by atoms with Gasteiger partial charge in [-0.3, -0.25) is 9.59 Å². The summed E-state index contributed by atoms with van der Waals surface area (Å²) in [6, 6.07) is 0. The van der Waals surface area contributed by atoms with Crippen LogP contribution in [0.25, 0.3) is 0 Å². The van der Waals surface area contributed by atoms with E-state index in [0.717, 1.165) is 32.1 Å². The lowest BCUT2D eigenvalue weighted by Crippen LogP contribution is -2.29. The minimum Gasteiger partial charge on any atom is -0.460 e. The molecule has 0 radical (unpaired) electrons. The molecule has 0 bridgehead atoms. The van der Waals surface area contributed by atoms with E-state index in [1.54, 1.807) is 6.08 Å². The maximum atomic E-state index is 11.7. The van der Waals surface area contributed by atoms with E-state index in [0.29, 0.717) is 0 Å². The molecule has 0 unspecified atom stereocenters. The van der Waals surface area contributed by atoms with Crippen LogP contribution in [0.4, 0.5) is 0 Å². The van der Waals surface area contributed by atoms with Crippen molar-refractivity contribution >= 4 is 11.9 Å². The van der Waals surface area contributed by atoms with Crippen molar-refractivity contribution in [1.82, 2.24) is 0 Å². The molecule has 2 aliphatic rings. The number of carbonyl (C=O) groups excluding carboxylic acids is 2. The molecule has 2 aliphatic carbocycles. The fraction of sp³-hybridized carbons (Fsp3) is 0.789. The molecule has 0 amide bonds. The zero-order chi connectivity index (χ0) is 17.9. The van der Waals surface area contributed by atoms with Gasteiger partial charge in [-0.15, -0.1) is 6.58 Å². The topological polar surface area (TPSA) is 52.6 Å². The predicted molar refractivity (Wildman–Crippen MR) is 90.9 cm³/mol. The summed E-state index contributed by atoms with van der Waals surface area (Å²) in [5.74, 6) is 0.145. The Morgan fingerprint density at radius 3 is 1.83 bits per heavy atom. The first-order valence-corrected chi connectivity index (χ1v) is 8.46. The van der Waals surface area contributed by atoms with Gasteiger partial charge in [0.05, 0.1) is 11.3 Å². The summed E-state index contributed by atoms with van der Waals surface area (Å²) < 4.78 is 10.5. The fourth-order valence-corrected chi connectivity index (χ4v) is 2.01. The number of esters is 2. The van der Waals surface area contributed by atoms with Crippen molar-refractivity contribution in [3.05, 3.63) is 12.7 Å². The number of rotatable bonds is 4. The smallest absolute Gasteiger partial charge is 0.312 e. The number of allylic oxidation sites excluding steroid dienone is 1. The second-order valence-corrected chi connectivity index (χ2v) is 8.58. The summed E-state index contributed by atoms with van der Waals surface area (Å²) in [5, 5.41) is 0. The molecule has 4 heteroatoms. The minimum absolute atomic E-state index is 0.0208. The van der Waals surface area contributed by atoms with Crippen molar-refractivity contribution in [2.75, 3.05) is 0 Å². The van der Waals surface area contributed by atoms with Crippen molar-refractivity contribution in [3.8, 4) is 0 Å². The highest BCUT2D eigenvalue weighted by molar-refractivity contribution is 5.80. The van der Waals surface area contributed by atoms with Crippen LogP contribution in [0.5, 0.6) is 0 Å². The van der Waals surface area contributed by atoms with Gasteiger partial charge >= 0.3 is 11.9 Å². The standard InChI is InChI=1S/C11H18O2.C8H14O2/c1-5-6-11(7-8-11)9(12)13-10(2,3)4;1-8(2,3)10-7(9)6-4-5-6/h5H,1,6-8H2,2-4H3;6H,4-5H2,1-3H3. The molecule has 0 heterocycles. The van der Waals surface area contributed by atoms with Gasteiger partial charge in [0.1, 0.15) is 11.2 Å². The lowest BCUT2D eigenvalue weighted by Gasteiger charge is -2.23. The van der Waals surface area contributed by atoms with E-state index in [2.05, 4.69) is 6.58 Å². The molecule has 4 nitrogen and oxygen atoms in total. The molecular weight excluding hydrogens is 292 g/mol. The van der Waals surface area contributed by atoms with Crippen molar-refractivity contribution in [3.63, 3.8) is 0 Å². The Balaban J connectivity index is 0.000000238. The molecule has 132 valence electrons. The first-order chi connectivity index (χ1) is 10.4. The number of hydrogen-bond donors (Lipinski definition) is 0. The van der Waals surface area contributed by atoms with Crippen LogP contribution in [-0.2, 0) is 19.1 Å². The van der Waals surface area contributed by atoms with E-state index < -0.39 is 0 Å². The zero-order valence-electron chi connectivity index (χ0n) is 15.5. The molecule has 0 aliphatic heterocycles. The third kappa shape index (κ3) is 7.67. The van der Waals surface area contributed by atoms with Crippen LogP contribution in [0.2, 0.25) is 0 Å². The molecule has 0 aromatic heterocycles. The predicted octanol–water partition coefficient (Wildman–Crippen LogP) is 4.42. The Kier molecular flexibility index (Phi) is 6.06. The Hall–Kier alpha value is -1.32. The highest BCUT2D eigenvalue weighted by Gasteiger charge is 2.51. The molecule has 0 atom stereocenters. The van der Waals surface area contributed by atoms with E-state index in [9.17, 15) is 9.59 Å². The lowest BCUT2D eigenvalue weighted by atomic mass is 10.0. The SMILES string of the molecule is C=CCC1(C(=O)OC(C)(C)C)CC1.CC(C)(C)OC(=O)C1CC1. The van der Waals surface area contributed by atoms with E-state index >= 15 is 0 Å². The maximum Gasteiger partial charge on any atom is 0.312 e. The molecule has 0 N–H and O–H groups in total. The van der Waals surface area contributed by atoms with Crippen molar-refractivity contribution in [1.29, 1.82) is 0 Å². The second kappa shape index (κ2) is 7.06. The molecule has 2 fully saturated rings. The van der Waals surface area contributed by atoms with Gasteiger partial charge in [0.25, 0.3) is 0 Å². The summed E-state index contributed by atoms with van der Waals surface area (Å²) in [7, 11) is 0. The molecule has 0 aromatic carbocycles. The zero-order valence-corrected chi connectivity index (χ0v) is 15.5. The molecular formula is C19H32O4. The number of carbonyl (C=O) groups is 2. The monoisotopic (exact) mass is 324 g/mol. The van der Waals surface area contributed by atoms with Gasteiger partial charge in [-0.2, -0.15) is 0 Å². The summed E-state index contributed by atoms with van der Waals surface area (Å²) in [4.78, 5) is 22.7. The first kappa shape index (κ1) is 19.7. The van der Waals surface area contributed by atoms with Crippen molar-refractivity contribution < 1.29 is 19.1 Å². The molecule has 2 saturated carbocycles. The lowest BCUT2D eigenvalue weighted by molar-refractivity contribution is -0.161.